The van der Waals surface area contributed by atoms with Gasteiger partial charge in [-0.25, -0.2) is 0 Å². The van der Waals surface area contributed by atoms with E-state index in [9.17, 15) is 0 Å². The summed E-state index contributed by atoms with van der Waals surface area (Å²) < 4.78 is 1.15. The van der Waals surface area contributed by atoms with Gasteiger partial charge in [0.25, 0.3) is 0 Å². The van der Waals surface area contributed by atoms with E-state index in [-0.39, 0.29) is 0 Å². The molecule has 1 heterocycles. The monoisotopic (exact) mass is 341 g/mol. The second kappa shape index (κ2) is 7.34. The van der Waals surface area contributed by atoms with Crippen LogP contribution in [-0.2, 0) is 0 Å². The molecule has 1 aromatic heterocycles. The summed E-state index contributed by atoms with van der Waals surface area (Å²) in [4.78, 5) is 2.72. The molecule has 0 amide bonds. The molecule has 0 radical (unpaired) electrons. The number of rotatable bonds is 6. The minimum Gasteiger partial charge on any atom is -0.309 e. The normalized spacial score (nSPS) is 12.6. The Labute approximate surface area is 125 Å². The van der Waals surface area contributed by atoms with Crippen molar-refractivity contribution in [3.63, 3.8) is 0 Å². The van der Waals surface area contributed by atoms with Crippen LogP contribution in [0.4, 0.5) is 0 Å². The molecule has 4 heteroatoms. The smallest absolute Gasteiger partial charge is 0.0386 e. The van der Waals surface area contributed by atoms with Crippen LogP contribution in [0.1, 0.15) is 17.8 Å². The predicted molar refractivity (Wildman–Crippen MR) is 85.6 cm³/mol. The van der Waals surface area contributed by atoms with E-state index in [1.54, 1.807) is 0 Å². The van der Waals surface area contributed by atoms with E-state index < -0.39 is 0 Å². The Morgan fingerprint density at radius 3 is 2.94 bits per heavy atom. The van der Waals surface area contributed by atoms with Gasteiger partial charge in [-0.1, -0.05) is 28.1 Å². The zero-order valence-electron chi connectivity index (χ0n) is 10.2. The van der Waals surface area contributed by atoms with Gasteiger partial charge in [0.2, 0.25) is 0 Å². The first-order valence-electron chi connectivity index (χ1n) is 5.91. The van der Waals surface area contributed by atoms with E-state index in [0.717, 1.165) is 16.8 Å². The van der Waals surface area contributed by atoms with E-state index in [0.29, 0.717) is 6.04 Å². The van der Waals surface area contributed by atoms with Crippen LogP contribution in [0.3, 0.4) is 0 Å². The highest BCUT2D eigenvalue weighted by Crippen LogP contribution is 2.22. The summed E-state index contributed by atoms with van der Waals surface area (Å²) in [6.07, 6.45) is 0. The molecular weight excluding hydrogens is 326 g/mol. The van der Waals surface area contributed by atoms with Crippen LogP contribution >= 0.6 is 39.0 Å². The molecular formula is C14H16BrNS2. The maximum absolute atomic E-state index is 3.55. The lowest BCUT2D eigenvalue weighted by Gasteiger charge is -2.11. The molecule has 2 aromatic rings. The van der Waals surface area contributed by atoms with Gasteiger partial charge < -0.3 is 5.32 Å². The van der Waals surface area contributed by atoms with E-state index >= 15 is 0 Å². The zero-order valence-corrected chi connectivity index (χ0v) is 13.4. The lowest BCUT2D eigenvalue weighted by Crippen LogP contribution is -2.20. The number of thioether (sulfide) groups is 1. The van der Waals surface area contributed by atoms with Crippen molar-refractivity contribution in [3.05, 3.63) is 51.1 Å². The molecule has 1 unspecified atom stereocenters. The first-order chi connectivity index (χ1) is 8.75. The van der Waals surface area contributed by atoms with E-state index in [2.05, 4.69) is 69.9 Å². The molecule has 1 nitrogen and oxygen atoms in total. The van der Waals surface area contributed by atoms with Crippen molar-refractivity contribution in [2.24, 2.45) is 0 Å². The van der Waals surface area contributed by atoms with Gasteiger partial charge in [-0.2, -0.15) is 0 Å². The molecule has 0 bridgehead atoms. The van der Waals surface area contributed by atoms with Gasteiger partial charge in [0.05, 0.1) is 0 Å². The molecule has 96 valence electrons. The topological polar surface area (TPSA) is 12.0 Å². The summed E-state index contributed by atoms with van der Waals surface area (Å²) in [7, 11) is 0. The van der Waals surface area contributed by atoms with Gasteiger partial charge in [0.1, 0.15) is 0 Å². The number of halogens is 1. The van der Waals surface area contributed by atoms with Crippen molar-refractivity contribution in [1.82, 2.24) is 5.32 Å². The van der Waals surface area contributed by atoms with Crippen molar-refractivity contribution in [2.45, 2.75) is 17.9 Å². The third kappa shape index (κ3) is 4.43. The Morgan fingerprint density at radius 2 is 2.22 bits per heavy atom. The molecule has 2 rings (SSSR count). The fraction of sp³-hybridized carbons (Fsp3) is 0.286. The van der Waals surface area contributed by atoms with Crippen LogP contribution in [0.25, 0.3) is 0 Å². The fourth-order valence-corrected chi connectivity index (χ4v) is 3.79. The van der Waals surface area contributed by atoms with Gasteiger partial charge in [0, 0.05) is 32.6 Å². The lowest BCUT2D eigenvalue weighted by molar-refractivity contribution is 0.610. The highest BCUT2D eigenvalue weighted by molar-refractivity contribution is 9.10. The summed E-state index contributed by atoms with van der Waals surface area (Å²) in [5, 5.41) is 5.68. The van der Waals surface area contributed by atoms with Crippen LogP contribution in [0.5, 0.6) is 0 Å². The molecule has 0 spiro atoms. The lowest BCUT2D eigenvalue weighted by atomic mass is 10.3. The van der Waals surface area contributed by atoms with Crippen molar-refractivity contribution in [1.29, 1.82) is 0 Å². The third-order valence-electron chi connectivity index (χ3n) is 2.59. The van der Waals surface area contributed by atoms with Gasteiger partial charge in [-0.3, -0.25) is 0 Å². The van der Waals surface area contributed by atoms with E-state index in [4.69, 9.17) is 0 Å². The second-order valence-corrected chi connectivity index (χ2v) is 7.06. The highest BCUT2D eigenvalue weighted by atomic mass is 79.9. The Balaban J connectivity index is 1.70. The number of thiophene rings is 1. The summed E-state index contributed by atoms with van der Waals surface area (Å²) in [5.41, 5.74) is 0. The maximum Gasteiger partial charge on any atom is 0.0386 e. The quantitative estimate of drug-likeness (QED) is 0.589. The van der Waals surface area contributed by atoms with E-state index in [1.165, 1.54) is 9.77 Å². The number of hydrogen-bond acceptors (Lipinski definition) is 3. The Hall–Kier alpha value is -0.290. The van der Waals surface area contributed by atoms with Gasteiger partial charge in [0.15, 0.2) is 0 Å². The number of hydrogen-bond donors (Lipinski definition) is 1. The average molecular weight is 342 g/mol. The average Bonchev–Trinajstić information content (AvgIpc) is 2.88. The van der Waals surface area contributed by atoms with Crippen molar-refractivity contribution < 1.29 is 0 Å². The first kappa shape index (κ1) is 14.1. The molecule has 18 heavy (non-hydrogen) atoms. The Kier molecular flexibility index (Phi) is 5.76. The molecule has 1 atom stereocenters. The predicted octanol–water partition coefficient (Wildman–Crippen LogP) is 4.95. The van der Waals surface area contributed by atoms with Crippen LogP contribution in [0, 0.1) is 0 Å². The van der Waals surface area contributed by atoms with Crippen LogP contribution in [0.15, 0.2) is 51.1 Å². The maximum atomic E-state index is 3.55. The molecule has 0 saturated heterocycles. The number of nitrogens with one attached hydrogen (secondary N) is 1. The Bertz CT molecular complexity index is 470. The SMILES string of the molecule is CC(NCCSc1cccc(Br)c1)c1cccs1. The zero-order chi connectivity index (χ0) is 12.8. The van der Waals surface area contributed by atoms with Crippen LogP contribution in [-0.4, -0.2) is 12.3 Å². The molecule has 1 N–H and O–H groups in total. The third-order valence-corrected chi connectivity index (χ3v) is 5.13. The van der Waals surface area contributed by atoms with Crippen LogP contribution in [0.2, 0.25) is 0 Å². The molecule has 0 aliphatic carbocycles. The molecule has 0 aliphatic rings. The van der Waals surface area contributed by atoms with Gasteiger partial charge >= 0.3 is 0 Å². The Morgan fingerprint density at radius 1 is 1.33 bits per heavy atom. The fourth-order valence-electron chi connectivity index (χ4n) is 1.64. The van der Waals surface area contributed by atoms with Gasteiger partial charge in [-0.15, -0.1) is 23.1 Å². The summed E-state index contributed by atoms with van der Waals surface area (Å²) in [5.74, 6) is 1.09. The first-order valence-corrected chi connectivity index (χ1v) is 8.56. The molecule has 1 aromatic carbocycles. The van der Waals surface area contributed by atoms with Crippen molar-refractivity contribution >= 4 is 39.0 Å². The summed E-state index contributed by atoms with van der Waals surface area (Å²) in [6, 6.07) is 13.2. The minimum atomic E-state index is 0.452. The van der Waals surface area contributed by atoms with Crippen molar-refractivity contribution in [3.8, 4) is 0 Å². The standard InChI is InChI=1S/C14H16BrNS2/c1-11(14-6-3-8-18-14)16-7-9-17-13-5-2-4-12(15)10-13/h2-6,8,10-11,16H,7,9H2,1H3. The molecule has 0 aliphatic heterocycles. The molecule has 0 fully saturated rings. The summed E-state index contributed by atoms with van der Waals surface area (Å²) in [6.45, 7) is 3.24. The largest absolute Gasteiger partial charge is 0.309 e. The second-order valence-electron chi connectivity index (χ2n) is 4.00. The van der Waals surface area contributed by atoms with E-state index in [1.807, 2.05) is 23.1 Å². The summed E-state index contributed by atoms with van der Waals surface area (Å²) >= 11 is 7.19. The minimum absolute atomic E-state index is 0.452. The highest BCUT2D eigenvalue weighted by Gasteiger charge is 2.04. The van der Waals surface area contributed by atoms with Crippen molar-refractivity contribution in [2.75, 3.05) is 12.3 Å². The van der Waals surface area contributed by atoms with Crippen LogP contribution < -0.4 is 5.32 Å². The van der Waals surface area contributed by atoms with Gasteiger partial charge in [-0.05, 0) is 36.6 Å². The number of benzene rings is 1. The molecule has 0 saturated carbocycles.